The van der Waals surface area contributed by atoms with Gasteiger partial charge in [0.1, 0.15) is 6.07 Å². The minimum atomic E-state index is -1.11. The molecule has 1 saturated carbocycles. The van der Waals surface area contributed by atoms with Crippen LogP contribution < -0.4 is 0 Å². The second kappa shape index (κ2) is 3.22. The van der Waals surface area contributed by atoms with E-state index in [2.05, 4.69) is 9.47 Å². The van der Waals surface area contributed by atoms with E-state index < -0.39 is 11.8 Å². The molecule has 0 aromatic heterocycles. The first-order chi connectivity index (χ1) is 5.72. The topological polar surface area (TPSA) is 76.4 Å². The monoisotopic (exact) mass is 169 g/mol. The van der Waals surface area contributed by atoms with Crippen LogP contribution in [0.4, 0.5) is 4.79 Å². The van der Waals surface area contributed by atoms with Crippen LogP contribution in [-0.2, 0) is 14.3 Å². The highest BCUT2D eigenvalue weighted by atomic mass is 16.7. The Kier molecular flexibility index (Phi) is 2.29. The zero-order chi connectivity index (χ0) is 9.03. The van der Waals surface area contributed by atoms with Gasteiger partial charge < -0.3 is 9.47 Å². The molecule has 0 heterocycles. The van der Waals surface area contributed by atoms with Gasteiger partial charge in [0.15, 0.2) is 0 Å². The zero-order valence-corrected chi connectivity index (χ0v) is 6.28. The quantitative estimate of drug-likeness (QED) is 0.346. The smallest absolute Gasteiger partial charge is 0.412 e. The lowest BCUT2D eigenvalue weighted by Gasteiger charge is -2.33. The summed E-state index contributed by atoms with van der Waals surface area (Å²) in [4.78, 5) is 20.3. The minimum Gasteiger partial charge on any atom is -0.412 e. The van der Waals surface area contributed by atoms with E-state index in [4.69, 9.17) is 5.26 Å². The van der Waals surface area contributed by atoms with Gasteiger partial charge in [-0.3, -0.25) is 4.79 Å². The van der Waals surface area contributed by atoms with Crippen molar-refractivity contribution in [3.05, 3.63) is 0 Å². The zero-order valence-electron chi connectivity index (χ0n) is 6.28. The van der Waals surface area contributed by atoms with Crippen molar-refractivity contribution in [2.75, 3.05) is 0 Å². The highest BCUT2D eigenvalue weighted by molar-refractivity contribution is 5.70. The fraction of sp³-hybridized carbons (Fsp3) is 0.571. The molecule has 0 aliphatic heterocycles. The van der Waals surface area contributed by atoms with Crippen molar-refractivity contribution in [3.63, 3.8) is 0 Å². The first kappa shape index (κ1) is 8.53. The lowest BCUT2D eigenvalue weighted by Crippen LogP contribution is -2.40. The SMILES string of the molecule is N#CC1(OC(=O)OC=O)CCC1. The third-order valence-electron chi connectivity index (χ3n) is 1.79. The molecule has 0 unspecified atom stereocenters. The van der Waals surface area contributed by atoms with Gasteiger partial charge in [-0.1, -0.05) is 0 Å². The maximum Gasteiger partial charge on any atom is 0.517 e. The Morgan fingerprint density at radius 1 is 1.58 bits per heavy atom. The second-order valence-electron chi connectivity index (χ2n) is 2.53. The molecule has 1 aliphatic carbocycles. The Bertz CT molecular complexity index is 238. The van der Waals surface area contributed by atoms with E-state index in [0.29, 0.717) is 12.8 Å². The van der Waals surface area contributed by atoms with E-state index in [1.165, 1.54) is 0 Å². The maximum absolute atomic E-state index is 10.6. The summed E-state index contributed by atoms with van der Waals surface area (Å²) in [6.07, 6.45) is 0.767. The van der Waals surface area contributed by atoms with E-state index in [1.54, 1.807) is 0 Å². The Labute approximate surface area is 68.9 Å². The van der Waals surface area contributed by atoms with Gasteiger partial charge in [-0.05, 0) is 6.42 Å². The van der Waals surface area contributed by atoms with Gasteiger partial charge in [-0.15, -0.1) is 0 Å². The fourth-order valence-corrected chi connectivity index (χ4v) is 0.957. The largest absolute Gasteiger partial charge is 0.517 e. The molecule has 0 radical (unpaired) electrons. The summed E-state index contributed by atoms with van der Waals surface area (Å²) in [5.41, 5.74) is -1.04. The third kappa shape index (κ3) is 1.53. The van der Waals surface area contributed by atoms with Gasteiger partial charge in [0, 0.05) is 12.8 Å². The molecule has 1 aliphatic rings. The maximum atomic E-state index is 10.6. The lowest BCUT2D eigenvalue weighted by molar-refractivity contribution is -0.128. The van der Waals surface area contributed by atoms with Crippen LogP contribution in [0, 0.1) is 11.3 Å². The first-order valence-corrected chi connectivity index (χ1v) is 3.47. The first-order valence-electron chi connectivity index (χ1n) is 3.47. The number of ether oxygens (including phenoxy) is 2. The molecule has 12 heavy (non-hydrogen) atoms. The van der Waals surface area contributed by atoms with E-state index in [-0.39, 0.29) is 6.47 Å². The van der Waals surface area contributed by atoms with Crippen molar-refractivity contribution in [1.82, 2.24) is 0 Å². The van der Waals surface area contributed by atoms with Crippen LogP contribution in [0.5, 0.6) is 0 Å². The van der Waals surface area contributed by atoms with Crippen LogP contribution in [0.3, 0.4) is 0 Å². The summed E-state index contributed by atoms with van der Waals surface area (Å²) in [6, 6.07) is 1.87. The highest BCUT2D eigenvalue weighted by Gasteiger charge is 2.41. The van der Waals surface area contributed by atoms with E-state index in [9.17, 15) is 9.59 Å². The molecule has 1 rings (SSSR count). The molecule has 5 nitrogen and oxygen atoms in total. The van der Waals surface area contributed by atoms with Gasteiger partial charge in [0.2, 0.25) is 5.60 Å². The summed E-state index contributed by atoms with van der Waals surface area (Å²) in [6.45, 7) is -0.0218. The van der Waals surface area contributed by atoms with Gasteiger partial charge in [-0.25, -0.2) is 4.79 Å². The molecule has 5 heteroatoms. The van der Waals surface area contributed by atoms with Gasteiger partial charge in [0.25, 0.3) is 0 Å². The molecule has 0 atom stereocenters. The average molecular weight is 169 g/mol. The van der Waals surface area contributed by atoms with Crippen molar-refractivity contribution >= 4 is 12.6 Å². The van der Waals surface area contributed by atoms with Crippen molar-refractivity contribution in [1.29, 1.82) is 5.26 Å². The van der Waals surface area contributed by atoms with Crippen molar-refractivity contribution in [3.8, 4) is 6.07 Å². The van der Waals surface area contributed by atoms with E-state index >= 15 is 0 Å². The number of carbonyl (C=O) groups excluding carboxylic acids is 2. The summed E-state index contributed by atoms with van der Waals surface area (Å²) < 4.78 is 8.49. The number of rotatable bonds is 2. The Balaban J connectivity index is 2.44. The standard InChI is InChI=1S/C7H7NO4/c8-4-7(2-1-3-7)12-6(10)11-5-9/h5H,1-3H2. The summed E-state index contributed by atoms with van der Waals surface area (Å²) >= 11 is 0. The number of hydrogen-bond donors (Lipinski definition) is 0. The lowest BCUT2D eigenvalue weighted by atomic mass is 9.81. The third-order valence-corrected chi connectivity index (χ3v) is 1.79. The normalized spacial score (nSPS) is 18.2. The highest BCUT2D eigenvalue weighted by Crippen LogP contribution is 2.34. The summed E-state index contributed by atoms with van der Waals surface area (Å²) in [7, 11) is 0. The predicted molar refractivity (Wildman–Crippen MR) is 35.8 cm³/mol. The van der Waals surface area contributed by atoms with Gasteiger partial charge in [0.05, 0.1) is 0 Å². The summed E-state index contributed by atoms with van der Waals surface area (Å²) in [5.74, 6) is 0. The van der Waals surface area contributed by atoms with Crippen LogP contribution in [0.2, 0.25) is 0 Å². The molecule has 0 bridgehead atoms. The number of carbonyl (C=O) groups is 2. The van der Waals surface area contributed by atoms with Crippen LogP contribution in [-0.4, -0.2) is 18.2 Å². The molecule has 0 amide bonds. The van der Waals surface area contributed by atoms with Gasteiger partial charge >= 0.3 is 12.6 Å². The fourth-order valence-electron chi connectivity index (χ4n) is 0.957. The Morgan fingerprint density at radius 3 is 2.58 bits per heavy atom. The Hall–Kier alpha value is -1.57. The molecular weight excluding hydrogens is 162 g/mol. The molecule has 0 saturated heterocycles. The van der Waals surface area contributed by atoms with E-state index in [0.717, 1.165) is 6.42 Å². The Morgan fingerprint density at radius 2 is 2.25 bits per heavy atom. The van der Waals surface area contributed by atoms with Gasteiger partial charge in [-0.2, -0.15) is 5.26 Å². The minimum absolute atomic E-state index is 0.0218. The van der Waals surface area contributed by atoms with E-state index in [1.807, 2.05) is 6.07 Å². The molecule has 1 fully saturated rings. The molecule has 0 aromatic carbocycles. The van der Waals surface area contributed by atoms with Crippen molar-refractivity contribution < 1.29 is 19.1 Å². The number of nitriles is 1. The van der Waals surface area contributed by atoms with Crippen LogP contribution >= 0.6 is 0 Å². The van der Waals surface area contributed by atoms with Crippen molar-refractivity contribution in [2.24, 2.45) is 0 Å². The average Bonchev–Trinajstić information content (AvgIpc) is 1.97. The van der Waals surface area contributed by atoms with Crippen molar-refractivity contribution in [2.45, 2.75) is 24.9 Å². The molecule has 0 spiro atoms. The van der Waals surface area contributed by atoms with Crippen LogP contribution in [0.15, 0.2) is 0 Å². The molecule has 64 valence electrons. The number of hydrogen-bond acceptors (Lipinski definition) is 5. The second-order valence-corrected chi connectivity index (χ2v) is 2.53. The van der Waals surface area contributed by atoms with Crippen LogP contribution in [0.25, 0.3) is 0 Å². The number of nitrogens with zero attached hydrogens (tertiary/aromatic N) is 1. The summed E-state index contributed by atoms with van der Waals surface area (Å²) in [5, 5.41) is 8.58. The predicted octanol–water partition coefficient (Wildman–Crippen LogP) is 0.742. The molecular formula is C7H7NO4. The van der Waals surface area contributed by atoms with Crippen LogP contribution in [0.1, 0.15) is 19.3 Å². The molecule has 0 aromatic rings. The molecule has 0 N–H and O–H groups in total.